The summed E-state index contributed by atoms with van der Waals surface area (Å²) in [7, 11) is 0. The molecule has 0 rings (SSSR count). The smallest absolute Gasteiger partial charge is 0.00387 e. The summed E-state index contributed by atoms with van der Waals surface area (Å²) in [5.74, 6) is 1.32. The molecule has 0 heterocycles. The monoisotopic (exact) mass is 169 g/mol. The lowest BCUT2D eigenvalue weighted by atomic mass is 9.88. The standard InChI is InChI=1S/C11H23N/c1-5-6-7-8-9(2)10(3)11(4)12/h6-7,9-11H,5,8,12H2,1-4H3. The molecule has 0 aliphatic heterocycles. The Morgan fingerprint density at radius 1 is 1.17 bits per heavy atom. The molecule has 1 nitrogen and oxygen atoms in total. The van der Waals surface area contributed by atoms with Crippen LogP contribution in [-0.2, 0) is 0 Å². The van der Waals surface area contributed by atoms with E-state index in [0.29, 0.717) is 17.9 Å². The quantitative estimate of drug-likeness (QED) is 0.629. The molecule has 0 fully saturated rings. The summed E-state index contributed by atoms with van der Waals surface area (Å²) < 4.78 is 0. The van der Waals surface area contributed by atoms with Crippen molar-refractivity contribution in [3.8, 4) is 0 Å². The molecule has 0 aliphatic rings. The van der Waals surface area contributed by atoms with E-state index in [1.807, 2.05) is 0 Å². The van der Waals surface area contributed by atoms with Crippen molar-refractivity contribution >= 4 is 0 Å². The molecule has 72 valence electrons. The Balaban J connectivity index is 3.71. The molecule has 0 radical (unpaired) electrons. The Hall–Kier alpha value is -0.300. The maximum Gasteiger partial charge on any atom is 0.00387 e. The second-order valence-corrected chi connectivity index (χ2v) is 3.81. The van der Waals surface area contributed by atoms with Gasteiger partial charge in [-0.15, -0.1) is 0 Å². The van der Waals surface area contributed by atoms with Crippen molar-refractivity contribution in [1.82, 2.24) is 0 Å². The van der Waals surface area contributed by atoms with Crippen LogP contribution in [0.1, 0.15) is 40.5 Å². The molecule has 0 aromatic carbocycles. The highest BCUT2D eigenvalue weighted by molar-refractivity contribution is 4.84. The first-order valence-corrected chi connectivity index (χ1v) is 5.00. The molecule has 2 N–H and O–H groups in total. The van der Waals surface area contributed by atoms with Gasteiger partial charge in [-0.1, -0.05) is 32.9 Å². The van der Waals surface area contributed by atoms with Gasteiger partial charge in [0.1, 0.15) is 0 Å². The van der Waals surface area contributed by atoms with E-state index >= 15 is 0 Å². The molecule has 0 spiro atoms. The summed E-state index contributed by atoms with van der Waals surface area (Å²) in [5.41, 5.74) is 5.82. The van der Waals surface area contributed by atoms with Crippen LogP contribution in [0.5, 0.6) is 0 Å². The Morgan fingerprint density at radius 3 is 2.17 bits per heavy atom. The first-order valence-electron chi connectivity index (χ1n) is 5.00. The summed E-state index contributed by atoms with van der Waals surface area (Å²) in [6, 6.07) is 0.315. The average Bonchev–Trinajstić information content (AvgIpc) is 2.03. The van der Waals surface area contributed by atoms with Gasteiger partial charge in [0.2, 0.25) is 0 Å². The van der Waals surface area contributed by atoms with Crippen LogP contribution in [0.25, 0.3) is 0 Å². The maximum absolute atomic E-state index is 5.82. The lowest BCUT2D eigenvalue weighted by Gasteiger charge is -2.21. The van der Waals surface area contributed by atoms with E-state index in [-0.39, 0.29) is 0 Å². The SMILES string of the molecule is CCC=CCC(C)C(C)C(C)N. The zero-order valence-electron chi connectivity index (χ0n) is 8.88. The summed E-state index contributed by atoms with van der Waals surface area (Å²) in [6.45, 7) is 8.75. The molecule has 0 bridgehead atoms. The topological polar surface area (TPSA) is 26.0 Å². The molecular formula is C11H23N. The van der Waals surface area contributed by atoms with Crippen LogP contribution < -0.4 is 5.73 Å². The van der Waals surface area contributed by atoms with Crippen molar-refractivity contribution in [2.45, 2.75) is 46.6 Å². The Bertz CT molecular complexity index is 127. The molecule has 12 heavy (non-hydrogen) atoms. The van der Waals surface area contributed by atoms with Gasteiger partial charge in [-0.05, 0) is 31.6 Å². The van der Waals surface area contributed by atoms with Gasteiger partial charge in [0.25, 0.3) is 0 Å². The second-order valence-electron chi connectivity index (χ2n) is 3.81. The summed E-state index contributed by atoms with van der Waals surface area (Å²) in [6.07, 6.45) is 6.80. The third-order valence-corrected chi connectivity index (χ3v) is 2.64. The van der Waals surface area contributed by atoms with Gasteiger partial charge >= 0.3 is 0 Å². The van der Waals surface area contributed by atoms with Gasteiger partial charge in [0.05, 0.1) is 0 Å². The van der Waals surface area contributed by atoms with Gasteiger partial charge in [0, 0.05) is 6.04 Å². The molecular weight excluding hydrogens is 146 g/mol. The average molecular weight is 169 g/mol. The molecule has 0 aromatic rings. The summed E-state index contributed by atoms with van der Waals surface area (Å²) >= 11 is 0. The molecule has 0 amide bonds. The first kappa shape index (κ1) is 11.7. The van der Waals surface area contributed by atoms with Crippen molar-refractivity contribution in [2.24, 2.45) is 17.6 Å². The Morgan fingerprint density at radius 2 is 1.75 bits per heavy atom. The fourth-order valence-electron chi connectivity index (χ4n) is 1.21. The first-order chi connectivity index (χ1) is 5.59. The van der Waals surface area contributed by atoms with Crippen LogP contribution in [0.15, 0.2) is 12.2 Å². The van der Waals surface area contributed by atoms with Crippen LogP contribution >= 0.6 is 0 Å². The van der Waals surface area contributed by atoms with E-state index in [0.717, 1.165) is 12.8 Å². The van der Waals surface area contributed by atoms with Crippen molar-refractivity contribution in [3.63, 3.8) is 0 Å². The predicted molar refractivity (Wildman–Crippen MR) is 56.0 cm³/mol. The fourth-order valence-corrected chi connectivity index (χ4v) is 1.21. The van der Waals surface area contributed by atoms with Gasteiger partial charge in [-0.3, -0.25) is 0 Å². The number of rotatable bonds is 5. The summed E-state index contributed by atoms with van der Waals surface area (Å²) in [5, 5.41) is 0. The lowest BCUT2D eigenvalue weighted by Crippen LogP contribution is -2.28. The second kappa shape index (κ2) is 6.24. The van der Waals surface area contributed by atoms with E-state index < -0.39 is 0 Å². The molecule has 0 aliphatic carbocycles. The Labute approximate surface area is 77.0 Å². The van der Waals surface area contributed by atoms with Crippen LogP contribution in [0, 0.1) is 11.8 Å². The van der Waals surface area contributed by atoms with Gasteiger partial charge < -0.3 is 5.73 Å². The van der Waals surface area contributed by atoms with Crippen LogP contribution in [0.2, 0.25) is 0 Å². The molecule has 0 aromatic heterocycles. The highest BCUT2D eigenvalue weighted by Gasteiger charge is 2.14. The van der Waals surface area contributed by atoms with Crippen molar-refractivity contribution in [3.05, 3.63) is 12.2 Å². The molecule has 0 saturated heterocycles. The minimum absolute atomic E-state index is 0.315. The zero-order chi connectivity index (χ0) is 9.56. The van der Waals surface area contributed by atoms with Gasteiger partial charge in [0.15, 0.2) is 0 Å². The minimum atomic E-state index is 0.315. The number of hydrogen-bond donors (Lipinski definition) is 1. The van der Waals surface area contributed by atoms with E-state index in [2.05, 4.69) is 39.8 Å². The van der Waals surface area contributed by atoms with Crippen molar-refractivity contribution in [2.75, 3.05) is 0 Å². The largest absolute Gasteiger partial charge is 0.328 e. The third kappa shape index (κ3) is 4.55. The third-order valence-electron chi connectivity index (χ3n) is 2.64. The molecule has 0 saturated carbocycles. The zero-order valence-corrected chi connectivity index (χ0v) is 8.88. The maximum atomic E-state index is 5.82. The summed E-state index contributed by atoms with van der Waals surface area (Å²) in [4.78, 5) is 0. The van der Waals surface area contributed by atoms with E-state index in [1.165, 1.54) is 0 Å². The van der Waals surface area contributed by atoms with Crippen LogP contribution in [0.3, 0.4) is 0 Å². The van der Waals surface area contributed by atoms with Crippen molar-refractivity contribution in [1.29, 1.82) is 0 Å². The van der Waals surface area contributed by atoms with Gasteiger partial charge in [-0.25, -0.2) is 0 Å². The minimum Gasteiger partial charge on any atom is -0.328 e. The highest BCUT2D eigenvalue weighted by atomic mass is 14.6. The van der Waals surface area contributed by atoms with Gasteiger partial charge in [-0.2, -0.15) is 0 Å². The number of hydrogen-bond acceptors (Lipinski definition) is 1. The molecule has 1 heteroatoms. The predicted octanol–water partition coefficient (Wildman–Crippen LogP) is 2.96. The highest BCUT2D eigenvalue weighted by Crippen LogP contribution is 2.17. The van der Waals surface area contributed by atoms with E-state index in [4.69, 9.17) is 5.73 Å². The number of allylic oxidation sites excluding steroid dienone is 2. The van der Waals surface area contributed by atoms with E-state index in [9.17, 15) is 0 Å². The molecule has 3 atom stereocenters. The normalized spacial score (nSPS) is 19.4. The van der Waals surface area contributed by atoms with Crippen LogP contribution in [0.4, 0.5) is 0 Å². The van der Waals surface area contributed by atoms with Crippen LogP contribution in [-0.4, -0.2) is 6.04 Å². The number of nitrogens with two attached hydrogens (primary N) is 1. The molecule has 3 unspecified atom stereocenters. The lowest BCUT2D eigenvalue weighted by molar-refractivity contribution is 0.340. The Kier molecular flexibility index (Phi) is 6.09. The van der Waals surface area contributed by atoms with E-state index in [1.54, 1.807) is 0 Å². The van der Waals surface area contributed by atoms with Crippen molar-refractivity contribution < 1.29 is 0 Å². The fraction of sp³-hybridized carbons (Fsp3) is 0.818.